The number of hydrogen-bond donors (Lipinski definition) is 0. The molecule has 0 spiro atoms. The number of nitrogens with zero attached hydrogens (tertiary/aromatic N) is 1. The molecule has 8 aromatic rings. The number of anilines is 3. The van der Waals surface area contributed by atoms with Crippen molar-refractivity contribution in [2.45, 2.75) is 0 Å². The fourth-order valence-corrected chi connectivity index (χ4v) is 6.59. The van der Waals surface area contributed by atoms with Crippen molar-refractivity contribution < 1.29 is 0 Å². The lowest BCUT2D eigenvalue weighted by atomic mass is 9.85. The van der Waals surface area contributed by atoms with Gasteiger partial charge in [0.2, 0.25) is 0 Å². The molecule has 0 aliphatic carbocycles. The molecule has 8 rings (SSSR count). The van der Waals surface area contributed by atoms with Crippen molar-refractivity contribution in [3.05, 3.63) is 188 Å². The van der Waals surface area contributed by atoms with Crippen LogP contribution < -0.4 is 4.90 Å². The van der Waals surface area contributed by atoms with Crippen LogP contribution in [0.5, 0.6) is 0 Å². The summed E-state index contributed by atoms with van der Waals surface area (Å²) in [6.07, 6.45) is 0. The minimum atomic E-state index is 1.12. The lowest BCUT2D eigenvalue weighted by molar-refractivity contribution is 1.28. The highest BCUT2D eigenvalue weighted by molar-refractivity contribution is 6.21. The van der Waals surface area contributed by atoms with Gasteiger partial charge in [0.15, 0.2) is 0 Å². The van der Waals surface area contributed by atoms with E-state index >= 15 is 0 Å². The summed E-state index contributed by atoms with van der Waals surface area (Å²) in [5.74, 6) is 0. The summed E-state index contributed by atoms with van der Waals surface area (Å²) in [5, 5.41) is 5.04. The Bertz CT molecular complexity index is 2120. The van der Waals surface area contributed by atoms with Crippen LogP contribution in [0.25, 0.3) is 54.9 Å². The van der Waals surface area contributed by atoms with Crippen LogP contribution in [0.15, 0.2) is 188 Å². The maximum Gasteiger partial charge on any atom is 0.0462 e. The first-order chi connectivity index (χ1) is 22.3. The summed E-state index contributed by atoms with van der Waals surface area (Å²) in [7, 11) is 0. The Hall–Kier alpha value is -5.92. The molecule has 0 unspecified atom stereocenters. The molecular formula is C44H31N. The van der Waals surface area contributed by atoms with Crippen LogP contribution in [-0.4, -0.2) is 0 Å². The Labute approximate surface area is 264 Å². The summed E-state index contributed by atoms with van der Waals surface area (Å²) in [6.45, 7) is 0. The fourth-order valence-electron chi connectivity index (χ4n) is 6.59. The molecule has 1 nitrogen and oxygen atoms in total. The molecule has 0 fully saturated rings. The van der Waals surface area contributed by atoms with Gasteiger partial charge >= 0.3 is 0 Å². The molecule has 0 amide bonds. The predicted octanol–water partition coefficient (Wildman–Crippen LogP) is 12.5. The first-order valence-corrected chi connectivity index (χ1v) is 15.5. The van der Waals surface area contributed by atoms with Crippen LogP contribution >= 0.6 is 0 Å². The molecule has 0 bridgehead atoms. The molecule has 0 saturated carbocycles. The Morgan fingerprint density at radius 1 is 0.222 bits per heavy atom. The number of para-hydroxylation sites is 2. The highest BCUT2D eigenvalue weighted by Crippen LogP contribution is 2.44. The molecule has 212 valence electrons. The normalized spacial score (nSPS) is 11.1. The lowest BCUT2D eigenvalue weighted by Gasteiger charge is -2.25. The average Bonchev–Trinajstić information content (AvgIpc) is 3.12. The second-order valence-electron chi connectivity index (χ2n) is 11.3. The molecule has 0 radical (unpaired) electrons. The van der Waals surface area contributed by atoms with E-state index in [1.807, 2.05) is 0 Å². The van der Waals surface area contributed by atoms with Crippen molar-refractivity contribution in [2.75, 3.05) is 4.90 Å². The molecule has 0 N–H and O–H groups in total. The van der Waals surface area contributed by atoms with Gasteiger partial charge in [-0.05, 0) is 91.3 Å². The van der Waals surface area contributed by atoms with Gasteiger partial charge in [0.25, 0.3) is 0 Å². The number of benzene rings is 8. The number of hydrogen-bond acceptors (Lipinski definition) is 1. The Morgan fingerprint density at radius 2 is 0.511 bits per heavy atom. The third-order valence-electron chi connectivity index (χ3n) is 8.66. The molecule has 0 atom stereocenters. The Morgan fingerprint density at radius 3 is 0.933 bits per heavy atom. The van der Waals surface area contributed by atoms with E-state index in [4.69, 9.17) is 0 Å². The largest absolute Gasteiger partial charge is 0.311 e. The predicted molar refractivity (Wildman–Crippen MR) is 192 cm³/mol. The van der Waals surface area contributed by atoms with Gasteiger partial charge in [0.1, 0.15) is 0 Å². The number of fused-ring (bicyclic) bond motifs is 2. The third-order valence-corrected chi connectivity index (χ3v) is 8.66. The van der Waals surface area contributed by atoms with Crippen LogP contribution in [0.3, 0.4) is 0 Å². The lowest BCUT2D eigenvalue weighted by Crippen LogP contribution is -2.09. The van der Waals surface area contributed by atoms with Crippen LogP contribution in [0.2, 0.25) is 0 Å². The van der Waals surface area contributed by atoms with Gasteiger partial charge in [0.05, 0.1) is 0 Å². The van der Waals surface area contributed by atoms with Crippen molar-refractivity contribution >= 4 is 38.6 Å². The Kier molecular flexibility index (Phi) is 6.90. The summed E-state index contributed by atoms with van der Waals surface area (Å²) >= 11 is 0. The molecule has 0 aliphatic heterocycles. The minimum absolute atomic E-state index is 1.12. The van der Waals surface area contributed by atoms with Gasteiger partial charge in [-0.3, -0.25) is 0 Å². The minimum Gasteiger partial charge on any atom is -0.311 e. The van der Waals surface area contributed by atoms with Crippen molar-refractivity contribution in [3.63, 3.8) is 0 Å². The summed E-state index contributed by atoms with van der Waals surface area (Å²) in [5.41, 5.74) is 10.8. The van der Waals surface area contributed by atoms with E-state index in [1.54, 1.807) is 0 Å². The van der Waals surface area contributed by atoms with Gasteiger partial charge in [-0.1, -0.05) is 152 Å². The highest BCUT2D eigenvalue weighted by atomic mass is 15.1. The first-order valence-electron chi connectivity index (χ1n) is 15.5. The molecule has 0 saturated heterocycles. The highest BCUT2D eigenvalue weighted by Gasteiger charge is 2.18. The van der Waals surface area contributed by atoms with Crippen LogP contribution in [0, 0.1) is 0 Å². The molecule has 8 aromatic carbocycles. The number of rotatable bonds is 6. The third kappa shape index (κ3) is 4.95. The van der Waals surface area contributed by atoms with E-state index < -0.39 is 0 Å². The summed E-state index contributed by atoms with van der Waals surface area (Å²) < 4.78 is 0. The van der Waals surface area contributed by atoms with Crippen LogP contribution in [-0.2, 0) is 0 Å². The molecule has 0 aliphatic rings. The van der Waals surface area contributed by atoms with E-state index in [0.717, 1.165) is 17.1 Å². The Balaban J connectivity index is 1.28. The maximum absolute atomic E-state index is 2.31. The van der Waals surface area contributed by atoms with Gasteiger partial charge in [-0.25, -0.2) is 0 Å². The van der Waals surface area contributed by atoms with E-state index in [2.05, 4.69) is 193 Å². The van der Waals surface area contributed by atoms with Crippen LogP contribution in [0.4, 0.5) is 17.1 Å². The van der Waals surface area contributed by atoms with E-state index in [-0.39, 0.29) is 0 Å². The topological polar surface area (TPSA) is 3.24 Å². The summed E-state index contributed by atoms with van der Waals surface area (Å²) in [4.78, 5) is 2.31. The maximum atomic E-state index is 2.31. The van der Waals surface area contributed by atoms with Gasteiger partial charge in [-0.15, -0.1) is 0 Å². The molecule has 45 heavy (non-hydrogen) atoms. The second kappa shape index (κ2) is 11.6. The van der Waals surface area contributed by atoms with E-state index in [9.17, 15) is 0 Å². The first kappa shape index (κ1) is 26.7. The smallest absolute Gasteiger partial charge is 0.0462 e. The second-order valence-corrected chi connectivity index (χ2v) is 11.3. The average molecular weight is 574 g/mol. The van der Waals surface area contributed by atoms with Crippen molar-refractivity contribution in [1.29, 1.82) is 0 Å². The van der Waals surface area contributed by atoms with Gasteiger partial charge in [0, 0.05) is 17.1 Å². The summed E-state index contributed by atoms with van der Waals surface area (Å²) in [6, 6.07) is 67.5. The van der Waals surface area contributed by atoms with Crippen LogP contribution in [0.1, 0.15) is 0 Å². The monoisotopic (exact) mass is 573 g/mol. The van der Waals surface area contributed by atoms with Crippen molar-refractivity contribution in [2.24, 2.45) is 0 Å². The molecule has 0 heterocycles. The van der Waals surface area contributed by atoms with E-state index in [0.29, 0.717) is 0 Å². The zero-order valence-electron chi connectivity index (χ0n) is 24.8. The molecule has 1 heteroatoms. The van der Waals surface area contributed by atoms with Crippen molar-refractivity contribution in [1.82, 2.24) is 0 Å². The zero-order chi connectivity index (χ0) is 30.0. The van der Waals surface area contributed by atoms with Gasteiger partial charge in [-0.2, -0.15) is 0 Å². The molecule has 0 aromatic heterocycles. The van der Waals surface area contributed by atoms with Crippen molar-refractivity contribution in [3.8, 4) is 33.4 Å². The van der Waals surface area contributed by atoms with E-state index in [1.165, 1.54) is 54.9 Å². The van der Waals surface area contributed by atoms with Gasteiger partial charge < -0.3 is 4.90 Å². The fraction of sp³-hybridized carbons (Fsp3) is 0. The molecular weight excluding hydrogens is 542 g/mol. The standard InChI is InChI=1S/C44H31N/c1-4-14-32(15-5-1)33-24-26-34(27-25-33)43-39-20-10-12-22-41(39)44(42-23-13-11-21-40(42)43)35-28-30-38(31-29-35)45(36-16-6-2-7-17-36)37-18-8-3-9-19-37/h1-31H. The zero-order valence-corrected chi connectivity index (χ0v) is 24.8. The SMILES string of the molecule is c1ccc(-c2ccc(-c3c4ccccc4c(-c4ccc(N(c5ccccc5)c5ccccc5)cc4)c4ccccc34)cc2)cc1. The quantitative estimate of drug-likeness (QED) is 0.179.